The van der Waals surface area contributed by atoms with Crippen LogP contribution in [0.2, 0.25) is 0 Å². The number of ether oxygens (including phenoxy) is 2. The number of rotatable bonds is 13. The molecule has 0 unspecified atom stereocenters. The molecule has 0 spiro atoms. The van der Waals surface area contributed by atoms with E-state index >= 15 is 0 Å². The fourth-order valence-electron chi connectivity index (χ4n) is 4.30. The molecule has 48 heavy (non-hydrogen) atoms. The van der Waals surface area contributed by atoms with E-state index in [1.54, 1.807) is 0 Å². The van der Waals surface area contributed by atoms with Crippen molar-refractivity contribution in [2.45, 2.75) is 14.7 Å². The Hall–Kier alpha value is -4.42. The maximum atomic E-state index is 12.9. The predicted molar refractivity (Wildman–Crippen MR) is 168 cm³/mol. The molecular formula is C26H25N3O15S4. The number of anilines is 2. The molecule has 18 nitrogen and oxygen atoms in total. The van der Waals surface area contributed by atoms with Crippen LogP contribution in [-0.4, -0.2) is 79.0 Å². The number of aromatic hydroxyl groups is 1. The molecule has 0 radical (unpaired) electrons. The Morgan fingerprint density at radius 1 is 0.729 bits per heavy atom. The first-order valence-electron chi connectivity index (χ1n) is 12.9. The summed E-state index contributed by atoms with van der Waals surface area (Å²) in [6.07, 6.45) is 0. The molecule has 0 saturated carbocycles. The molecule has 4 rings (SSSR count). The number of benzene rings is 4. The molecular weight excluding hydrogens is 723 g/mol. The van der Waals surface area contributed by atoms with Crippen LogP contribution in [0.5, 0.6) is 17.2 Å². The Morgan fingerprint density at radius 2 is 1.38 bits per heavy atom. The standard InChI is InChI=1S/C26H25N3O15S4/c1-42-20-14-23(45(31,32)10-9-44-48(39,40)41)21(43-2)13-19(20)28-29-25-24(47(36,37)38)11-15-7-8-16(12-17(15)26(25)30)27-18-5-3-4-6-22(18)46(33,34)35/h3-8,11-14,27,30H,9-10H2,1-2H3,(H,33,34,35)(H,36,37,38)(H,39,40,41). The van der Waals surface area contributed by atoms with E-state index in [1.807, 2.05) is 0 Å². The van der Waals surface area contributed by atoms with Gasteiger partial charge in [0.05, 0.1) is 32.3 Å². The summed E-state index contributed by atoms with van der Waals surface area (Å²) in [7, 11) is -16.7. The molecule has 0 heterocycles. The van der Waals surface area contributed by atoms with Crippen LogP contribution in [-0.2, 0) is 44.7 Å². The molecule has 0 aliphatic rings. The number of fused-ring (bicyclic) bond motifs is 1. The molecule has 0 aliphatic carbocycles. The highest BCUT2D eigenvalue weighted by atomic mass is 32.3. The summed E-state index contributed by atoms with van der Waals surface area (Å²) in [6.45, 7) is -0.933. The Balaban J connectivity index is 1.81. The lowest BCUT2D eigenvalue weighted by Crippen LogP contribution is -2.16. The van der Waals surface area contributed by atoms with Gasteiger partial charge in [0.2, 0.25) is 0 Å². The summed E-state index contributed by atoms with van der Waals surface area (Å²) in [5.74, 6) is -2.30. The van der Waals surface area contributed by atoms with E-state index < -0.39 is 79.0 Å². The van der Waals surface area contributed by atoms with E-state index in [-0.39, 0.29) is 39.3 Å². The number of hydrogen-bond donors (Lipinski definition) is 5. The summed E-state index contributed by atoms with van der Waals surface area (Å²) in [6, 6.07) is 12.4. The average molecular weight is 748 g/mol. The van der Waals surface area contributed by atoms with Gasteiger partial charge in [-0.2, -0.15) is 25.3 Å². The quantitative estimate of drug-likeness (QED) is 0.0960. The normalized spacial score (nSPS) is 12.8. The molecule has 0 bridgehead atoms. The van der Waals surface area contributed by atoms with Crippen molar-refractivity contribution in [3.05, 3.63) is 60.7 Å². The van der Waals surface area contributed by atoms with Gasteiger partial charge in [0.15, 0.2) is 15.6 Å². The number of azo groups is 1. The fraction of sp³-hybridized carbons (Fsp3) is 0.154. The largest absolute Gasteiger partial charge is 0.505 e. The molecule has 0 amide bonds. The van der Waals surface area contributed by atoms with Crippen LogP contribution in [0.4, 0.5) is 22.7 Å². The molecule has 258 valence electrons. The summed E-state index contributed by atoms with van der Waals surface area (Å²) in [5.41, 5.74) is -0.839. The van der Waals surface area contributed by atoms with Crippen molar-refractivity contribution < 1.29 is 66.1 Å². The number of nitrogens with zero attached hydrogens (tertiary/aromatic N) is 2. The first kappa shape index (κ1) is 36.4. The van der Waals surface area contributed by atoms with Gasteiger partial charge in [0, 0.05) is 23.2 Å². The van der Waals surface area contributed by atoms with Gasteiger partial charge in [-0.15, -0.1) is 10.2 Å². The van der Waals surface area contributed by atoms with Crippen LogP contribution < -0.4 is 14.8 Å². The van der Waals surface area contributed by atoms with Gasteiger partial charge in [0.25, 0.3) is 20.2 Å². The summed E-state index contributed by atoms with van der Waals surface area (Å²) in [5, 5.41) is 21.7. The lowest BCUT2D eigenvalue weighted by molar-refractivity contribution is 0.283. The van der Waals surface area contributed by atoms with Gasteiger partial charge in [-0.3, -0.25) is 13.7 Å². The maximum absolute atomic E-state index is 12.9. The van der Waals surface area contributed by atoms with E-state index in [1.165, 1.54) is 36.4 Å². The zero-order valence-corrected chi connectivity index (χ0v) is 27.8. The van der Waals surface area contributed by atoms with E-state index in [2.05, 4.69) is 19.7 Å². The van der Waals surface area contributed by atoms with E-state index in [4.69, 9.17) is 14.0 Å². The van der Waals surface area contributed by atoms with E-state index in [0.717, 1.165) is 38.5 Å². The van der Waals surface area contributed by atoms with Crippen LogP contribution in [0.1, 0.15) is 0 Å². The van der Waals surface area contributed by atoms with Gasteiger partial charge in [-0.1, -0.05) is 18.2 Å². The topological polar surface area (TPSA) is 282 Å². The molecule has 4 aromatic carbocycles. The Labute approximate surface area is 274 Å². The van der Waals surface area contributed by atoms with Crippen molar-refractivity contribution in [3.63, 3.8) is 0 Å². The molecule has 0 aliphatic heterocycles. The third kappa shape index (κ3) is 8.35. The van der Waals surface area contributed by atoms with Crippen LogP contribution in [0.3, 0.4) is 0 Å². The Kier molecular flexibility index (Phi) is 10.3. The molecule has 0 saturated heterocycles. The number of phenolic OH excluding ortho intramolecular Hbond substituents is 1. The van der Waals surface area contributed by atoms with Crippen LogP contribution in [0.15, 0.2) is 85.6 Å². The smallest absolute Gasteiger partial charge is 0.397 e. The van der Waals surface area contributed by atoms with Gasteiger partial charge >= 0.3 is 10.4 Å². The minimum Gasteiger partial charge on any atom is -0.505 e. The summed E-state index contributed by atoms with van der Waals surface area (Å²) >= 11 is 0. The number of para-hydroxylation sites is 1. The highest BCUT2D eigenvalue weighted by Gasteiger charge is 2.26. The fourth-order valence-corrected chi connectivity index (χ4v) is 7.26. The minimum atomic E-state index is -5.04. The van der Waals surface area contributed by atoms with Gasteiger partial charge in [-0.05, 0) is 35.7 Å². The number of nitrogens with one attached hydrogen (secondary N) is 1. The van der Waals surface area contributed by atoms with Crippen LogP contribution >= 0.6 is 0 Å². The van der Waals surface area contributed by atoms with Crippen molar-refractivity contribution in [2.24, 2.45) is 10.2 Å². The SMILES string of the molecule is COc1cc(S(=O)(=O)CCOS(=O)(=O)O)c(OC)cc1N=Nc1c(S(=O)(=O)O)cc2ccc(Nc3ccccc3S(=O)(=O)O)cc2c1O. The van der Waals surface area contributed by atoms with Gasteiger partial charge < -0.3 is 19.9 Å². The highest BCUT2D eigenvalue weighted by Crippen LogP contribution is 2.44. The minimum absolute atomic E-state index is 0.0224. The van der Waals surface area contributed by atoms with Crippen molar-refractivity contribution in [1.29, 1.82) is 0 Å². The molecule has 22 heteroatoms. The number of phenols is 1. The average Bonchev–Trinajstić information content (AvgIpc) is 2.98. The second-order valence-corrected chi connectivity index (χ2v) is 15.5. The lowest BCUT2D eigenvalue weighted by atomic mass is 10.1. The highest BCUT2D eigenvalue weighted by molar-refractivity contribution is 7.91. The Morgan fingerprint density at radius 3 is 1.98 bits per heavy atom. The monoisotopic (exact) mass is 747 g/mol. The van der Waals surface area contributed by atoms with E-state index in [9.17, 15) is 47.9 Å². The zero-order valence-electron chi connectivity index (χ0n) is 24.5. The predicted octanol–water partition coefficient (Wildman–Crippen LogP) is 3.81. The Bertz CT molecular complexity index is 2380. The van der Waals surface area contributed by atoms with Crippen LogP contribution in [0.25, 0.3) is 10.8 Å². The number of hydrogen-bond acceptors (Lipinski definition) is 15. The van der Waals surface area contributed by atoms with Crippen molar-refractivity contribution in [2.75, 3.05) is 31.9 Å². The van der Waals surface area contributed by atoms with E-state index in [0.29, 0.717) is 0 Å². The van der Waals surface area contributed by atoms with Gasteiger partial charge in [-0.25, -0.2) is 12.6 Å². The van der Waals surface area contributed by atoms with Crippen molar-refractivity contribution in [1.82, 2.24) is 0 Å². The van der Waals surface area contributed by atoms with Crippen molar-refractivity contribution >= 4 is 74.0 Å². The lowest BCUT2D eigenvalue weighted by Gasteiger charge is -2.14. The summed E-state index contributed by atoms with van der Waals surface area (Å²) in [4.78, 5) is -1.81. The second kappa shape index (κ2) is 13.6. The maximum Gasteiger partial charge on any atom is 0.397 e. The summed E-state index contributed by atoms with van der Waals surface area (Å²) < 4.78 is 138. The third-order valence-electron chi connectivity index (χ3n) is 6.42. The molecule has 5 N–H and O–H groups in total. The zero-order chi connectivity index (χ0) is 35.7. The molecule has 0 atom stereocenters. The second-order valence-electron chi connectivity index (χ2n) is 9.52. The molecule has 0 aromatic heterocycles. The number of methoxy groups -OCH3 is 2. The van der Waals surface area contributed by atoms with Gasteiger partial charge in [0.1, 0.15) is 37.6 Å². The molecule has 4 aromatic rings. The first-order chi connectivity index (χ1) is 22.2. The first-order valence-corrected chi connectivity index (χ1v) is 18.8. The van der Waals surface area contributed by atoms with Crippen molar-refractivity contribution in [3.8, 4) is 17.2 Å². The van der Waals surface area contributed by atoms with Crippen LogP contribution in [0, 0.1) is 0 Å². The number of sulfone groups is 1. The molecule has 0 fully saturated rings. The third-order valence-corrected chi connectivity index (χ3v) is 10.4.